The molecule has 0 aliphatic heterocycles. The summed E-state index contributed by atoms with van der Waals surface area (Å²) in [5, 5.41) is 5.36. The minimum Gasteiger partial charge on any atom is -0.345 e. The minimum absolute atomic E-state index is 0.0379. The second-order valence-electron chi connectivity index (χ2n) is 6.61. The Bertz CT molecular complexity index is 665. The maximum atomic E-state index is 12.6. The van der Waals surface area contributed by atoms with Gasteiger partial charge in [-0.1, -0.05) is 19.3 Å². The zero-order valence-electron chi connectivity index (χ0n) is 15.2. The first kappa shape index (κ1) is 19.7. The van der Waals surface area contributed by atoms with Gasteiger partial charge in [-0.15, -0.1) is 0 Å². The summed E-state index contributed by atoms with van der Waals surface area (Å²) in [4.78, 5) is 48.4. The summed E-state index contributed by atoms with van der Waals surface area (Å²) in [7, 11) is 0. The van der Waals surface area contributed by atoms with Gasteiger partial charge in [-0.05, 0) is 32.6 Å². The Morgan fingerprint density at radius 1 is 1.19 bits per heavy atom. The molecule has 1 atom stereocenters. The first-order valence-electron chi connectivity index (χ1n) is 8.86. The van der Waals surface area contributed by atoms with E-state index in [4.69, 9.17) is 0 Å². The summed E-state index contributed by atoms with van der Waals surface area (Å²) in [6.45, 7) is 3.24. The van der Waals surface area contributed by atoms with E-state index in [0.717, 1.165) is 32.1 Å². The molecule has 140 valence electrons. The summed E-state index contributed by atoms with van der Waals surface area (Å²) < 4.78 is 0. The van der Waals surface area contributed by atoms with Crippen LogP contribution in [0.4, 0.5) is 0 Å². The summed E-state index contributed by atoms with van der Waals surface area (Å²) in [5.41, 5.74) is 0.785. The van der Waals surface area contributed by atoms with Gasteiger partial charge < -0.3 is 10.6 Å². The van der Waals surface area contributed by atoms with Crippen molar-refractivity contribution in [2.75, 3.05) is 6.54 Å². The first-order chi connectivity index (χ1) is 12.5. The number of nitrogens with zero attached hydrogens (tertiary/aromatic N) is 3. The summed E-state index contributed by atoms with van der Waals surface area (Å²) >= 11 is 0. The third-order valence-corrected chi connectivity index (χ3v) is 4.25. The normalized spacial score (nSPS) is 15.6. The SMILES string of the molecule is CC(C)=NC(=O)CNC(=O)[C@@H](NC(=O)c1cnccn1)C1CCCCC1. The zero-order chi connectivity index (χ0) is 18.9. The highest BCUT2D eigenvalue weighted by Gasteiger charge is 2.31. The number of aromatic nitrogens is 2. The van der Waals surface area contributed by atoms with E-state index in [1.807, 2.05) is 0 Å². The van der Waals surface area contributed by atoms with Crippen molar-refractivity contribution >= 4 is 23.4 Å². The van der Waals surface area contributed by atoms with Gasteiger partial charge in [-0.25, -0.2) is 9.98 Å². The lowest BCUT2D eigenvalue weighted by molar-refractivity contribution is -0.127. The molecule has 1 aromatic heterocycles. The Morgan fingerprint density at radius 3 is 2.54 bits per heavy atom. The van der Waals surface area contributed by atoms with Crippen LogP contribution in [0.25, 0.3) is 0 Å². The van der Waals surface area contributed by atoms with E-state index >= 15 is 0 Å². The number of carbonyl (C=O) groups is 3. The molecule has 0 bridgehead atoms. The molecule has 1 aliphatic carbocycles. The van der Waals surface area contributed by atoms with Gasteiger partial charge in [0, 0.05) is 18.1 Å². The quantitative estimate of drug-likeness (QED) is 0.743. The molecule has 3 amide bonds. The molecule has 8 nitrogen and oxygen atoms in total. The van der Waals surface area contributed by atoms with E-state index in [1.165, 1.54) is 18.6 Å². The highest BCUT2D eigenvalue weighted by Crippen LogP contribution is 2.26. The van der Waals surface area contributed by atoms with Gasteiger partial charge >= 0.3 is 0 Å². The molecule has 1 aromatic rings. The molecule has 8 heteroatoms. The van der Waals surface area contributed by atoms with E-state index < -0.39 is 17.9 Å². The lowest BCUT2D eigenvalue weighted by atomic mass is 9.83. The Kier molecular flexibility index (Phi) is 7.37. The van der Waals surface area contributed by atoms with Crippen molar-refractivity contribution in [1.82, 2.24) is 20.6 Å². The van der Waals surface area contributed by atoms with Gasteiger partial charge in [0.15, 0.2) is 0 Å². The molecule has 1 fully saturated rings. The van der Waals surface area contributed by atoms with Gasteiger partial charge in [0.05, 0.1) is 12.7 Å². The smallest absolute Gasteiger partial charge is 0.272 e. The van der Waals surface area contributed by atoms with Crippen LogP contribution in [0.3, 0.4) is 0 Å². The van der Waals surface area contributed by atoms with Crippen LogP contribution in [0.15, 0.2) is 23.6 Å². The zero-order valence-corrected chi connectivity index (χ0v) is 15.2. The summed E-state index contributed by atoms with van der Waals surface area (Å²) in [6.07, 6.45) is 9.15. The molecule has 1 heterocycles. The van der Waals surface area contributed by atoms with E-state index in [2.05, 4.69) is 25.6 Å². The minimum atomic E-state index is -0.704. The average Bonchev–Trinajstić information content (AvgIpc) is 2.65. The second kappa shape index (κ2) is 9.74. The standard InChI is InChI=1S/C18H25N5O3/c1-12(2)22-15(24)11-21-18(26)16(13-6-4-3-5-7-13)23-17(25)14-10-19-8-9-20-14/h8-10,13,16H,3-7,11H2,1-2H3,(H,21,26)(H,23,25)/t16-/m0/s1. The highest BCUT2D eigenvalue weighted by atomic mass is 16.2. The average molecular weight is 359 g/mol. The number of carbonyl (C=O) groups excluding carboxylic acids is 3. The van der Waals surface area contributed by atoms with Gasteiger partial charge in [-0.3, -0.25) is 19.4 Å². The molecule has 0 spiro atoms. The summed E-state index contributed by atoms with van der Waals surface area (Å²) in [5.74, 6) is -1.19. The lowest BCUT2D eigenvalue weighted by Crippen LogP contribution is -2.52. The Labute approximate surface area is 152 Å². The fourth-order valence-electron chi connectivity index (χ4n) is 3.06. The van der Waals surface area contributed by atoms with Crippen LogP contribution in [0.2, 0.25) is 0 Å². The van der Waals surface area contributed by atoms with Crippen molar-refractivity contribution in [1.29, 1.82) is 0 Å². The van der Waals surface area contributed by atoms with Crippen LogP contribution in [0, 0.1) is 5.92 Å². The third kappa shape index (κ3) is 6.02. The van der Waals surface area contributed by atoms with E-state index in [1.54, 1.807) is 13.8 Å². The van der Waals surface area contributed by atoms with Crippen LogP contribution in [0.5, 0.6) is 0 Å². The van der Waals surface area contributed by atoms with Crippen LogP contribution in [-0.4, -0.2) is 46.0 Å². The molecule has 1 saturated carbocycles. The van der Waals surface area contributed by atoms with Crippen LogP contribution >= 0.6 is 0 Å². The number of amides is 3. The molecular weight excluding hydrogens is 334 g/mol. The van der Waals surface area contributed by atoms with Crippen molar-refractivity contribution in [3.8, 4) is 0 Å². The fourth-order valence-corrected chi connectivity index (χ4v) is 3.06. The molecular formula is C18H25N5O3. The molecule has 0 unspecified atom stereocenters. The fraction of sp³-hybridized carbons (Fsp3) is 0.556. The lowest BCUT2D eigenvalue weighted by Gasteiger charge is -2.29. The van der Waals surface area contributed by atoms with Gasteiger partial charge in [0.2, 0.25) is 5.91 Å². The van der Waals surface area contributed by atoms with E-state index in [-0.39, 0.29) is 24.1 Å². The molecule has 0 radical (unpaired) electrons. The van der Waals surface area contributed by atoms with Crippen molar-refractivity contribution in [3.05, 3.63) is 24.3 Å². The van der Waals surface area contributed by atoms with E-state index in [0.29, 0.717) is 5.71 Å². The Morgan fingerprint density at radius 2 is 1.92 bits per heavy atom. The number of hydrogen-bond donors (Lipinski definition) is 2. The second-order valence-corrected chi connectivity index (χ2v) is 6.61. The predicted molar refractivity (Wildman–Crippen MR) is 96.7 cm³/mol. The van der Waals surface area contributed by atoms with E-state index in [9.17, 15) is 14.4 Å². The van der Waals surface area contributed by atoms with Crippen LogP contribution in [0.1, 0.15) is 56.4 Å². The Hall–Kier alpha value is -2.64. The maximum absolute atomic E-state index is 12.6. The monoisotopic (exact) mass is 359 g/mol. The van der Waals surface area contributed by atoms with Crippen molar-refractivity contribution in [3.63, 3.8) is 0 Å². The van der Waals surface area contributed by atoms with Crippen molar-refractivity contribution in [2.24, 2.45) is 10.9 Å². The Balaban J connectivity index is 2.05. The highest BCUT2D eigenvalue weighted by molar-refractivity contribution is 5.98. The number of rotatable bonds is 6. The van der Waals surface area contributed by atoms with Crippen LogP contribution in [-0.2, 0) is 9.59 Å². The number of nitrogens with one attached hydrogen (secondary N) is 2. The summed E-state index contributed by atoms with van der Waals surface area (Å²) in [6, 6.07) is -0.704. The molecule has 0 saturated heterocycles. The van der Waals surface area contributed by atoms with Crippen molar-refractivity contribution < 1.29 is 14.4 Å². The third-order valence-electron chi connectivity index (χ3n) is 4.25. The van der Waals surface area contributed by atoms with Crippen LogP contribution < -0.4 is 10.6 Å². The predicted octanol–water partition coefficient (Wildman–Crippen LogP) is 1.28. The van der Waals surface area contributed by atoms with Gasteiger partial charge in [0.1, 0.15) is 11.7 Å². The van der Waals surface area contributed by atoms with Gasteiger partial charge in [0.25, 0.3) is 11.8 Å². The molecule has 2 N–H and O–H groups in total. The maximum Gasteiger partial charge on any atom is 0.272 e. The topological polar surface area (TPSA) is 113 Å². The largest absolute Gasteiger partial charge is 0.345 e. The molecule has 1 aliphatic rings. The van der Waals surface area contributed by atoms with Crippen molar-refractivity contribution in [2.45, 2.75) is 52.0 Å². The number of hydrogen-bond acceptors (Lipinski definition) is 5. The molecule has 2 rings (SSSR count). The first-order valence-corrected chi connectivity index (χ1v) is 8.86. The molecule has 0 aromatic carbocycles. The number of aliphatic imine (C=N–C) groups is 1. The molecule has 26 heavy (non-hydrogen) atoms. The van der Waals surface area contributed by atoms with Gasteiger partial charge in [-0.2, -0.15) is 0 Å².